The summed E-state index contributed by atoms with van der Waals surface area (Å²) >= 11 is 15.8. The van der Waals surface area contributed by atoms with Gasteiger partial charge in [-0.15, -0.1) is 0 Å². The number of likely N-dealkylation sites (N-methyl/N-ethyl adjacent to an activating group) is 1. The molecule has 208 valence electrons. The standard InChI is InChI=1S/C28H30BrCl2N3O4S/c1-32-28(36)26(17-20-8-4-3-5-9-20)33(19-21-10-6-11-22(29)16-21)27(35)12-7-15-34(39(2,37)38)25-18-23(30)13-14-24(25)31/h3-6,8-11,13-14,16,18,26H,7,12,15,17,19H2,1-2H3,(H,32,36)/t26-/m0/s1. The van der Waals surface area contributed by atoms with Crippen LogP contribution in [0, 0.1) is 0 Å². The summed E-state index contributed by atoms with van der Waals surface area (Å²) in [6.07, 6.45) is 1.62. The Labute approximate surface area is 248 Å². The van der Waals surface area contributed by atoms with Gasteiger partial charge in [0, 0.05) is 42.5 Å². The summed E-state index contributed by atoms with van der Waals surface area (Å²) in [6.45, 7) is 0.220. The van der Waals surface area contributed by atoms with Gasteiger partial charge in [0.05, 0.1) is 17.0 Å². The first-order chi connectivity index (χ1) is 18.5. The molecule has 0 spiro atoms. The summed E-state index contributed by atoms with van der Waals surface area (Å²) in [5, 5.41) is 3.26. The topological polar surface area (TPSA) is 86.8 Å². The number of carbonyl (C=O) groups is 2. The highest BCUT2D eigenvalue weighted by molar-refractivity contribution is 9.10. The van der Waals surface area contributed by atoms with Crippen molar-refractivity contribution in [3.05, 3.63) is 98.4 Å². The zero-order valence-electron chi connectivity index (χ0n) is 21.6. The Bertz CT molecular complexity index is 1410. The molecule has 1 N–H and O–H groups in total. The number of sulfonamides is 1. The fourth-order valence-electron chi connectivity index (χ4n) is 4.21. The van der Waals surface area contributed by atoms with Crippen LogP contribution in [0.25, 0.3) is 0 Å². The molecule has 0 unspecified atom stereocenters. The zero-order valence-corrected chi connectivity index (χ0v) is 25.5. The predicted molar refractivity (Wildman–Crippen MR) is 161 cm³/mol. The van der Waals surface area contributed by atoms with Crippen molar-refractivity contribution < 1.29 is 18.0 Å². The molecule has 11 heteroatoms. The van der Waals surface area contributed by atoms with Crippen LogP contribution in [0.3, 0.4) is 0 Å². The van der Waals surface area contributed by atoms with Gasteiger partial charge < -0.3 is 10.2 Å². The van der Waals surface area contributed by atoms with E-state index in [9.17, 15) is 18.0 Å². The molecule has 0 fully saturated rings. The first-order valence-corrected chi connectivity index (χ1v) is 15.6. The number of hydrogen-bond acceptors (Lipinski definition) is 4. The average Bonchev–Trinajstić information content (AvgIpc) is 2.89. The van der Waals surface area contributed by atoms with Gasteiger partial charge in [0.2, 0.25) is 21.8 Å². The lowest BCUT2D eigenvalue weighted by molar-refractivity contribution is -0.141. The van der Waals surface area contributed by atoms with E-state index in [1.165, 1.54) is 12.1 Å². The summed E-state index contributed by atoms with van der Waals surface area (Å²) in [4.78, 5) is 28.3. The van der Waals surface area contributed by atoms with Crippen molar-refractivity contribution in [2.24, 2.45) is 0 Å². The van der Waals surface area contributed by atoms with E-state index in [0.717, 1.165) is 26.2 Å². The van der Waals surface area contributed by atoms with Crippen molar-refractivity contribution in [2.75, 3.05) is 24.2 Å². The second kappa shape index (κ2) is 14.2. The Balaban J connectivity index is 1.86. The highest BCUT2D eigenvalue weighted by Gasteiger charge is 2.30. The molecule has 3 aromatic carbocycles. The fraction of sp³-hybridized carbons (Fsp3) is 0.286. The minimum absolute atomic E-state index is 0.0126. The van der Waals surface area contributed by atoms with E-state index < -0.39 is 16.1 Å². The van der Waals surface area contributed by atoms with Crippen LogP contribution in [0.5, 0.6) is 0 Å². The Morgan fingerprint density at radius 1 is 0.974 bits per heavy atom. The van der Waals surface area contributed by atoms with Gasteiger partial charge >= 0.3 is 0 Å². The normalized spacial score (nSPS) is 12.0. The number of amides is 2. The molecule has 1 atom stereocenters. The second-order valence-corrected chi connectivity index (χ2v) is 12.7. The van der Waals surface area contributed by atoms with Gasteiger partial charge in [0.1, 0.15) is 6.04 Å². The van der Waals surface area contributed by atoms with Gasteiger partial charge in [0.25, 0.3) is 0 Å². The maximum absolute atomic E-state index is 13.7. The van der Waals surface area contributed by atoms with Crippen LogP contribution >= 0.6 is 39.1 Å². The monoisotopic (exact) mass is 653 g/mol. The maximum Gasteiger partial charge on any atom is 0.242 e. The van der Waals surface area contributed by atoms with Crippen LogP contribution in [0.15, 0.2) is 77.3 Å². The largest absolute Gasteiger partial charge is 0.357 e. The molecule has 0 radical (unpaired) electrons. The van der Waals surface area contributed by atoms with E-state index in [1.54, 1.807) is 18.0 Å². The highest BCUT2D eigenvalue weighted by Crippen LogP contribution is 2.31. The number of hydrogen-bond donors (Lipinski definition) is 1. The van der Waals surface area contributed by atoms with Crippen molar-refractivity contribution in [1.82, 2.24) is 10.2 Å². The maximum atomic E-state index is 13.7. The lowest BCUT2D eigenvalue weighted by Crippen LogP contribution is -2.49. The van der Waals surface area contributed by atoms with Gasteiger partial charge in [0.15, 0.2) is 0 Å². The molecule has 0 aliphatic carbocycles. The molecule has 0 saturated carbocycles. The summed E-state index contributed by atoms with van der Waals surface area (Å²) in [7, 11) is -2.16. The van der Waals surface area contributed by atoms with Crippen molar-refractivity contribution in [2.45, 2.75) is 31.8 Å². The van der Waals surface area contributed by atoms with Crippen molar-refractivity contribution in [3.63, 3.8) is 0 Å². The lowest BCUT2D eigenvalue weighted by atomic mass is 10.0. The molecular weight excluding hydrogens is 625 g/mol. The molecule has 7 nitrogen and oxygen atoms in total. The van der Waals surface area contributed by atoms with Gasteiger partial charge in [-0.1, -0.05) is 81.6 Å². The van der Waals surface area contributed by atoms with Gasteiger partial charge in [-0.05, 0) is 47.9 Å². The van der Waals surface area contributed by atoms with Gasteiger partial charge in [-0.2, -0.15) is 0 Å². The molecule has 3 rings (SSSR count). The number of rotatable bonds is 12. The molecule has 0 aromatic heterocycles. The number of nitrogens with one attached hydrogen (secondary N) is 1. The third-order valence-electron chi connectivity index (χ3n) is 6.09. The van der Waals surface area contributed by atoms with Crippen molar-refractivity contribution in [1.29, 1.82) is 0 Å². The Morgan fingerprint density at radius 3 is 2.31 bits per heavy atom. The number of halogens is 3. The van der Waals surface area contributed by atoms with Gasteiger partial charge in [-0.25, -0.2) is 8.42 Å². The van der Waals surface area contributed by atoms with E-state index in [-0.39, 0.29) is 48.5 Å². The molecule has 3 aromatic rings. The second-order valence-electron chi connectivity index (χ2n) is 9.01. The minimum atomic E-state index is -3.71. The molecule has 0 bridgehead atoms. The molecule has 0 saturated heterocycles. The van der Waals surface area contributed by atoms with Crippen LogP contribution in [0.4, 0.5) is 5.69 Å². The molecule has 39 heavy (non-hydrogen) atoms. The smallest absolute Gasteiger partial charge is 0.242 e. The summed E-state index contributed by atoms with van der Waals surface area (Å²) in [5.41, 5.74) is 2.01. The van der Waals surface area contributed by atoms with Crippen molar-refractivity contribution >= 4 is 66.7 Å². The van der Waals surface area contributed by atoms with Crippen LogP contribution < -0.4 is 9.62 Å². The Morgan fingerprint density at radius 2 is 1.67 bits per heavy atom. The van der Waals surface area contributed by atoms with E-state index in [4.69, 9.17) is 23.2 Å². The summed E-state index contributed by atoms with van der Waals surface area (Å²) in [5.74, 6) is -0.559. The minimum Gasteiger partial charge on any atom is -0.357 e. The van der Waals surface area contributed by atoms with E-state index in [2.05, 4.69) is 21.2 Å². The summed E-state index contributed by atoms with van der Waals surface area (Å²) < 4.78 is 27.2. The summed E-state index contributed by atoms with van der Waals surface area (Å²) in [6, 6.07) is 20.8. The molecule has 0 aliphatic rings. The lowest BCUT2D eigenvalue weighted by Gasteiger charge is -2.31. The van der Waals surface area contributed by atoms with Gasteiger partial charge in [-0.3, -0.25) is 13.9 Å². The Hall–Kier alpha value is -2.59. The predicted octanol–water partition coefficient (Wildman–Crippen LogP) is 5.69. The highest BCUT2D eigenvalue weighted by atomic mass is 79.9. The number of benzene rings is 3. The van der Waals surface area contributed by atoms with Crippen LogP contribution in [-0.2, 0) is 32.6 Å². The third-order valence-corrected chi connectivity index (χ3v) is 8.32. The van der Waals surface area contributed by atoms with E-state index in [1.807, 2.05) is 54.6 Å². The number of nitrogens with zero attached hydrogens (tertiary/aromatic N) is 2. The molecule has 2 amide bonds. The van der Waals surface area contributed by atoms with Crippen molar-refractivity contribution in [3.8, 4) is 0 Å². The van der Waals surface area contributed by atoms with Crippen LogP contribution in [0.2, 0.25) is 10.0 Å². The van der Waals surface area contributed by atoms with Crippen LogP contribution in [0.1, 0.15) is 24.0 Å². The Kier molecular flexibility index (Phi) is 11.2. The first kappa shape index (κ1) is 30.9. The SMILES string of the molecule is CNC(=O)[C@H](Cc1ccccc1)N(Cc1cccc(Br)c1)C(=O)CCCN(c1cc(Cl)ccc1Cl)S(C)(=O)=O. The molecular formula is C28H30BrCl2N3O4S. The average molecular weight is 655 g/mol. The van der Waals surface area contributed by atoms with E-state index in [0.29, 0.717) is 11.4 Å². The fourth-order valence-corrected chi connectivity index (χ4v) is 6.06. The molecule has 0 heterocycles. The number of anilines is 1. The van der Waals surface area contributed by atoms with E-state index >= 15 is 0 Å². The zero-order chi connectivity index (χ0) is 28.6. The first-order valence-electron chi connectivity index (χ1n) is 12.2. The quantitative estimate of drug-likeness (QED) is 0.272. The van der Waals surface area contributed by atoms with Crippen LogP contribution in [-0.4, -0.2) is 51.0 Å². The third kappa shape index (κ3) is 8.96. The molecule has 0 aliphatic heterocycles. The number of carbonyl (C=O) groups excluding carboxylic acids is 2.